The second kappa shape index (κ2) is 7.48. The van der Waals surface area contributed by atoms with Crippen molar-refractivity contribution in [2.24, 2.45) is 5.84 Å². The van der Waals surface area contributed by atoms with E-state index >= 15 is 0 Å². The van der Waals surface area contributed by atoms with Gasteiger partial charge in [0, 0.05) is 30.5 Å². The van der Waals surface area contributed by atoms with Gasteiger partial charge in [-0.1, -0.05) is 11.6 Å². The molecule has 0 aliphatic carbocycles. The Morgan fingerprint density at radius 3 is 2.71 bits per heavy atom. The number of nitro benzene ring substituents is 1. The van der Waals surface area contributed by atoms with Crippen LogP contribution in [0.2, 0.25) is 5.02 Å². The lowest BCUT2D eigenvalue weighted by Crippen LogP contribution is -2.36. The number of thioether (sulfide) groups is 1. The predicted molar refractivity (Wildman–Crippen MR) is 85.9 cm³/mol. The number of hydrazine groups is 1. The molecule has 1 aromatic carbocycles. The predicted octanol–water partition coefficient (Wildman–Crippen LogP) is 2.36. The van der Waals surface area contributed by atoms with Crippen molar-refractivity contribution < 1.29 is 9.72 Å². The van der Waals surface area contributed by atoms with Gasteiger partial charge >= 0.3 is 0 Å². The molecule has 116 valence electrons. The van der Waals surface area contributed by atoms with Gasteiger partial charge in [0.25, 0.3) is 11.6 Å². The maximum absolute atomic E-state index is 12.4. The number of benzene rings is 1. The van der Waals surface area contributed by atoms with Gasteiger partial charge in [0.2, 0.25) is 0 Å². The van der Waals surface area contributed by atoms with Crippen LogP contribution >= 0.6 is 23.4 Å². The minimum absolute atomic E-state index is 0.00218. The van der Waals surface area contributed by atoms with Gasteiger partial charge in [-0.25, -0.2) is 0 Å². The fourth-order valence-electron chi connectivity index (χ4n) is 1.76. The third-order valence-electron chi connectivity index (χ3n) is 3.05. The SMILES string of the molecule is CSCC(C)N(C)C(=O)c1cc(Cl)c(NN)c([N+](=O)[O-])c1. The number of carbonyl (C=O) groups is 1. The summed E-state index contributed by atoms with van der Waals surface area (Å²) in [7, 11) is 1.65. The number of nitrogens with zero attached hydrogens (tertiary/aromatic N) is 2. The maximum atomic E-state index is 12.4. The molecule has 1 aromatic rings. The van der Waals surface area contributed by atoms with Gasteiger partial charge in [-0.2, -0.15) is 11.8 Å². The zero-order valence-electron chi connectivity index (χ0n) is 11.9. The molecule has 7 nitrogen and oxygen atoms in total. The van der Waals surface area contributed by atoms with Crippen LogP contribution in [-0.4, -0.2) is 40.8 Å². The summed E-state index contributed by atoms with van der Waals surface area (Å²) in [4.78, 5) is 24.3. The Bertz CT molecular complexity index is 556. The number of hydrogen-bond donors (Lipinski definition) is 2. The molecule has 1 atom stereocenters. The van der Waals surface area contributed by atoms with Gasteiger partial charge in [-0.05, 0) is 19.2 Å². The first-order chi connectivity index (χ1) is 9.83. The average Bonchev–Trinajstić information content (AvgIpc) is 2.44. The minimum Gasteiger partial charge on any atom is -0.338 e. The van der Waals surface area contributed by atoms with Gasteiger partial charge in [-0.15, -0.1) is 0 Å². The van der Waals surface area contributed by atoms with Crippen molar-refractivity contribution in [3.05, 3.63) is 32.8 Å². The Balaban J connectivity index is 3.19. The highest BCUT2D eigenvalue weighted by Crippen LogP contribution is 2.33. The summed E-state index contributed by atoms with van der Waals surface area (Å²) in [5.41, 5.74) is 1.99. The van der Waals surface area contributed by atoms with Crippen LogP contribution in [0.4, 0.5) is 11.4 Å². The van der Waals surface area contributed by atoms with Gasteiger partial charge in [0.15, 0.2) is 0 Å². The molecule has 0 radical (unpaired) electrons. The lowest BCUT2D eigenvalue weighted by molar-refractivity contribution is -0.384. The molecule has 3 N–H and O–H groups in total. The Kier molecular flexibility index (Phi) is 6.25. The monoisotopic (exact) mass is 332 g/mol. The quantitative estimate of drug-likeness (QED) is 0.471. The van der Waals surface area contributed by atoms with Crippen molar-refractivity contribution in [2.45, 2.75) is 13.0 Å². The van der Waals surface area contributed by atoms with E-state index in [9.17, 15) is 14.9 Å². The van der Waals surface area contributed by atoms with Crippen LogP contribution in [0.1, 0.15) is 17.3 Å². The van der Waals surface area contributed by atoms with Crippen molar-refractivity contribution in [3.8, 4) is 0 Å². The number of nitro groups is 1. The third-order valence-corrected chi connectivity index (χ3v) is 4.16. The molecule has 1 amide bonds. The summed E-state index contributed by atoms with van der Waals surface area (Å²) in [6.45, 7) is 1.90. The van der Waals surface area contributed by atoms with Crippen molar-refractivity contribution in [1.82, 2.24) is 4.90 Å². The molecule has 9 heteroatoms. The first-order valence-corrected chi connectivity index (χ1v) is 7.81. The number of carbonyl (C=O) groups excluding carboxylic acids is 1. The molecular weight excluding hydrogens is 316 g/mol. The molecule has 1 unspecified atom stereocenters. The number of nitrogen functional groups attached to an aromatic ring is 1. The van der Waals surface area contributed by atoms with Crippen LogP contribution in [0.15, 0.2) is 12.1 Å². The van der Waals surface area contributed by atoms with Crippen molar-refractivity contribution >= 4 is 40.6 Å². The smallest absolute Gasteiger partial charge is 0.295 e. The van der Waals surface area contributed by atoms with Crippen molar-refractivity contribution in [1.29, 1.82) is 0 Å². The van der Waals surface area contributed by atoms with E-state index in [4.69, 9.17) is 17.4 Å². The Morgan fingerprint density at radius 1 is 1.62 bits per heavy atom. The summed E-state index contributed by atoms with van der Waals surface area (Å²) in [6.07, 6.45) is 1.94. The number of nitrogens with one attached hydrogen (secondary N) is 1. The second-order valence-corrected chi connectivity index (χ2v) is 5.79. The molecule has 0 fully saturated rings. The maximum Gasteiger partial charge on any atom is 0.295 e. The van der Waals surface area contributed by atoms with E-state index in [1.54, 1.807) is 18.8 Å². The zero-order chi connectivity index (χ0) is 16.2. The molecule has 0 heterocycles. The highest BCUT2D eigenvalue weighted by molar-refractivity contribution is 7.98. The first-order valence-electron chi connectivity index (χ1n) is 6.04. The standard InChI is InChI=1S/C12H17ClN4O3S/c1-7(6-21-3)16(2)12(18)8-4-9(13)11(15-14)10(5-8)17(19)20/h4-5,7,15H,6,14H2,1-3H3. The van der Waals surface area contributed by atoms with Crippen LogP contribution in [0.5, 0.6) is 0 Å². The van der Waals surface area contributed by atoms with Crippen molar-refractivity contribution in [3.63, 3.8) is 0 Å². The molecule has 0 aliphatic heterocycles. The number of hydrogen-bond acceptors (Lipinski definition) is 6. The summed E-state index contributed by atoms with van der Waals surface area (Å²) in [5.74, 6) is 5.66. The minimum atomic E-state index is -0.636. The van der Waals surface area contributed by atoms with Crippen LogP contribution in [0.3, 0.4) is 0 Å². The van der Waals surface area contributed by atoms with E-state index in [0.717, 1.165) is 5.75 Å². The largest absolute Gasteiger partial charge is 0.338 e. The third kappa shape index (κ3) is 3.99. The van der Waals surface area contributed by atoms with Crippen LogP contribution in [0, 0.1) is 10.1 Å². The van der Waals surface area contributed by atoms with Crippen LogP contribution in [0.25, 0.3) is 0 Å². The lowest BCUT2D eigenvalue weighted by atomic mass is 10.1. The molecule has 0 bridgehead atoms. The lowest BCUT2D eigenvalue weighted by Gasteiger charge is -2.24. The average molecular weight is 333 g/mol. The molecule has 21 heavy (non-hydrogen) atoms. The summed E-state index contributed by atoms with van der Waals surface area (Å²) < 4.78 is 0. The van der Waals surface area contributed by atoms with E-state index in [0.29, 0.717) is 0 Å². The van der Waals surface area contributed by atoms with Gasteiger partial charge in [-0.3, -0.25) is 20.8 Å². The van der Waals surface area contributed by atoms with E-state index in [2.05, 4.69) is 5.43 Å². The molecule has 0 aliphatic rings. The first kappa shape index (κ1) is 17.5. The fourth-order valence-corrected chi connectivity index (χ4v) is 2.73. The van der Waals surface area contributed by atoms with E-state index in [1.807, 2.05) is 13.2 Å². The molecule has 1 rings (SSSR count). The highest BCUT2D eigenvalue weighted by Gasteiger charge is 2.24. The van der Waals surface area contributed by atoms with Gasteiger partial charge in [0.05, 0.1) is 9.95 Å². The molecule has 0 spiro atoms. The number of rotatable bonds is 6. The summed E-state index contributed by atoms with van der Waals surface area (Å²) >= 11 is 7.56. The zero-order valence-corrected chi connectivity index (χ0v) is 13.5. The topological polar surface area (TPSA) is 102 Å². The number of nitrogens with two attached hydrogens (primary N) is 1. The summed E-state index contributed by atoms with van der Waals surface area (Å²) in [5, 5.41) is 11.1. The van der Waals surface area contributed by atoms with Crippen molar-refractivity contribution in [2.75, 3.05) is 24.5 Å². The number of amides is 1. The second-order valence-electron chi connectivity index (χ2n) is 4.47. The normalized spacial score (nSPS) is 11.9. The number of anilines is 1. The van der Waals surface area contributed by atoms with E-state index in [1.165, 1.54) is 17.0 Å². The van der Waals surface area contributed by atoms with Gasteiger partial charge < -0.3 is 10.3 Å². The Hall–Kier alpha value is -1.51. The molecule has 0 saturated carbocycles. The fraction of sp³-hybridized carbons (Fsp3) is 0.417. The molecular formula is C12H17ClN4O3S. The Labute approximate surface area is 131 Å². The van der Waals surface area contributed by atoms with E-state index < -0.39 is 4.92 Å². The van der Waals surface area contributed by atoms with Crippen LogP contribution in [-0.2, 0) is 0 Å². The Morgan fingerprint density at radius 2 is 2.24 bits per heavy atom. The van der Waals surface area contributed by atoms with Gasteiger partial charge in [0.1, 0.15) is 5.69 Å². The molecule has 0 saturated heterocycles. The van der Waals surface area contributed by atoms with E-state index in [-0.39, 0.29) is 33.9 Å². The number of halogens is 1. The van der Waals surface area contributed by atoms with Crippen LogP contribution < -0.4 is 11.3 Å². The highest BCUT2D eigenvalue weighted by atomic mass is 35.5. The molecule has 0 aromatic heterocycles. The summed E-state index contributed by atoms with van der Waals surface area (Å²) in [6, 6.07) is 2.54.